The van der Waals surface area contributed by atoms with Crippen molar-refractivity contribution >= 4 is 11.9 Å². The van der Waals surface area contributed by atoms with Crippen molar-refractivity contribution in [1.29, 1.82) is 0 Å². The van der Waals surface area contributed by atoms with E-state index < -0.39 is 0 Å². The molecule has 1 saturated heterocycles. The highest BCUT2D eigenvalue weighted by Gasteiger charge is 2.33. The number of nitrogens with zero attached hydrogens (tertiary/aromatic N) is 5. The van der Waals surface area contributed by atoms with Gasteiger partial charge in [-0.15, -0.1) is 0 Å². The van der Waals surface area contributed by atoms with E-state index in [0.29, 0.717) is 12.2 Å². The zero-order valence-electron chi connectivity index (χ0n) is 19.0. The Morgan fingerprint density at radius 2 is 1.94 bits per heavy atom. The number of hydrogen-bond donors (Lipinski definition) is 0. The summed E-state index contributed by atoms with van der Waals surface area (Å²) in [7, 11) is 0. The number of ether oxygens (including phenoxy) is 1. The smallest absolute Gasteiger partial charge is 0.338 e. The van der Waals surface area contributed by atoms with Crippen LogP contribution in [0.4, 0.5) is 0 Å². The van der Waals surface area contributed by atoms with Crippen LogP contribution in [0, 0.1) is 0 Å². The topological polar surface area (TPSA) is 80.6 Å². The van der Waals surface area contributed by atoms with E-state index in [2.05, 4.69) is 33.2 Å². The molecule has 8 nitrogen and oxygen atoms in total. The quantitative estimate of drug-likeness (QED) is 0.547. The Morgan fingerprint density at radius 3 is 2.76 bits per heavy atom. The third kappa shape index (κ3) is 3.88. The summed E-state index contributed by atoms with van der Waals surface area (Å²) in [6.07, 6.45) is 5.95. The summed E-state index contributed by atoms with van der Waals surface area (Å²) >= 11 is 0. The molecule has 2 aromatic carbocycles. The lowest BCUT2D eigenvalue weighted by molar-refractivity contribution is -0.134. The molecule has 1 aliphatic carbocycles. The predicted molar refractivity (Wildman–Crippen MR) is 125 cm³/mol. The van der Waals surface area contributed by atoms with Crippen LogP contribution in [0.5, 0.6) is 0 Å². The van der Waals surface area contributed by atoms with Gasteiger partial charge in [-0.3, -0.25) is 9.69 Å². The van der Waals surface area contributed by atoms with Gasteiger partial charge < -0.3 is 9.64 Å². The van der Waals surface area contributed by atoms with E-state index in [1.54, 1.807) is 11.0 Å². The summed E-state index contributed by atoms with van der Waals surface area (Å²) in [6.45, 7) is 4.66. The molecule has 3 heterocycles. The minimum Gasteiger partial charge on any atom is -0.457 e. The highest BCUT2D eigenvalue weighted by Crippen LogP contribution is 2.35. The van der Waals surface area contributed by atoms with E-state index in [1.807, 2.05) is 23.1 Å². The molecule has 2 aliphatic heterocycles. The maximum absolute atomic E-state index is 13.3. The Kier molecular flexibility index (Phi) is 5.37. The number of esters is 1. The highest BCUT2D eigenvalue weighted by atomic mass is 16.5. The van der Waals surface area contributed by atoms with Crippen molar-refractivity contribution in [3.63, 3.8) is 0 Å². The second-order valence-electron chi connectivity index (χ2n) is 9.30. The number of aromatic nitrogens is 3. The van der Waals surface area contributed by atoms with Crippen LogP contribution in [0.3, 0.4) is 0 Å². The second-order valence-corrected chi connectivity index (χ2v) is 9.30. The molecule has 8 heteroatoms. The van der Waals surface area contributed by atoms with Crippen molar-refractivity contribution in [3.05, 3.63) is 76.9 Å². The summed E-state index contributed by atoms with van der Waals surface area (Å²) in [5, 5.41) is 4.21. The van der Waals surface area contributed by atoms with Crippen LogP contribution >= 0.6 is 0 Å². The van der Waals surface area contributed by atoms with Gasteiger partial charge in [0, 0.05) is 38.3 Å². The Bertz CT molecular complexity index is 1230. The van der Waals surface area contributed by atoms with Gasteiger partial charge in [0.25, 0.3) is 0 Å². The first-order valence-electron chi connectivity index (χ1n) is 11.9. The summed E-state index contributed by atoms with van der Waals surface area (Å²) in [5.74, 6) is 0.000702. The number of fused-ring (bicyclic) bond motifs is 2. The third-order valence-corrected chi connectivity index (χ3v) is 7.33. The highest BCUT2D eigenvalue weighted by molar-refractivity contribution is 5.93. The fourth-order valence-electron chi connectivity index (χ4n) is 5.39. The van der Waals surface area contributed by atoms with Crippen molar-refractivity contribution < 1.29 is 14.3 Å². The number of hydrogen-bond acceptors (Lipinski definition) is 6. The number of cyclic esters (lactones) is 1. The van der Waals surface area contributed by atoms with Crippen LogP contribution < -0.4 is 0 Å². The number of piperazine rings is 1. The summed E-state index contributed by atoms with van der Waals surface area (Å²) < 4.78 is 6.86. The molecule has 6 rings (SSSR count). The van der Waals surface area contributed by atoms with Gasteiger partial charge in [-0.25, -0.2) is 14.5 Å². The van der Waals surface area contributed by atoms with Crippen molar-refractivity contribution in [1.82, 2.24) is 24.6 Å². The van der Waals surface area contributed by atoms with E-state index in [4.69, 9.17) is 4.74 Å². The van der Waals surface area contributed by atoms with E-state index >= 15 is 0 Å². The first-order valence-corrected chi connectivity index (χ1v) is 11.9. The lowest BCUT2D eigenvalue weighted by Crippen LogP contribution is -2.50. The molecule has 3 aliphatic rings. The van der Waals surface area contributed by atoms with Gasteiger partial charge in [-0.1, -0.05) is 18.2 Å². The van der Waals surface area contributed by atoms with Crippen LogP contribution in [0.25, 0.3) is 5.69 Å². The molecule has 1 amide bonds. The maximum atomic E-state index is 13.3. The normalized spacial score (nSPS) is 19.7. The van der Waals surface area contributed by atoms with Crippen molar-refractivity contribution in [2.75, 3.05) is 32.7 Å². The van der Waals surface area contributed by atoms with Crippen LogP contribution in [0.15, 0.2) is 49.1 Å². The second kappa shape index (κ2) is 8.68. The minimum absolute atomic E-state index is 0.0392. The lowest BCUT2D eigenvalue weighted by atomic mass is 9.99. The lowest BCUT2D eigenvalue weighted by Gasteiger charge is -2.36. The first-order chi connectivity index (χ1) is 16.7. The van der Waals surface area contributed by atoms with Crippen LogP contribution in [0.2, 0.25) is 0 Å². The number of amides is 1. The predicted octanol–water partition coefficient (Wildman–Crippen LogP) is 2.35. The zero-order valence-corrected chi connectivity index (χ0v) is 19.0. The Morgan fingerprint density at radius 1 is 1.06 bits per heavy atom. The molecule has 0 N–H and O–H groups in total. The van der Waals surface area contributed by atoms with Gasteiger partial charge in [0.15, 0.2) is 0 Å². The van der Waals surface area contributed by atoms with Gasteiger partial charge in [-0.2, -0.15) is 5.10 Å². The van der Waals surface area contributed by atoms with Gasteiger partial charge >= 0.3 is 5.97 Å². The number of benzene rings is 2. The largest absolute Gasteiger partial charge is 0.457 e. The third-order valence-electron chi connectivity index (χ3n) is 7.33. The molecule has 1 atom stereocenters. The van der Waals surface area contributed by atoms with Crippen LogP contribution in [-0.4, -0.2) is 69.2 Å². The summed E-state index contributed by atoms with van der Waals surface area (Å²) in [6, 6.07) is 12.2. The maximum Gasteiger partial charge on any atom is 0.338 e. The SMILES string of the molecule is O=C1OCc2cc(CCN3CCN(C(=O)C4CCc5cc(-n6cncn6)ccc54)CC3)ccc21. The average molecular weight is 458 g/mol. The molecular formula is C26H27N5O3. The molecule has 0 saturated carbocycles. The van der Waals surface area contributed by atoms with E-state index in [1.165, 1.54) is 17.5 Å². The Balaban J connectivity index is 1.03. The van der Waals surface area contributed by atoms with E-state index in [-0.39, 0.29) is 17.8 Å². The van der Waals surface area contributed by atoms with Gasteiger partial charge in [0.2, 0.25) is 5.91 Å². The standard InChI is InChI=1S/C26H27N5O3/c32-25(24-5-2-19-14-21(3-6-22(19)24)31-17-27-16-28-31)30-11-9-29(10-12-30)8-7-18-1-4-23-20(13-18)15-34-26(23)33/h1,3-4,6,13-14,16-17,24H,2,5,7-12,15H2. The average Bonchev–Trinajstić information content (AvgIpc) is 3.63. The van der Waals surface area contributed by atoms with Crippen LogP contribution in [0.1, 0.15) is 45.0 Å². The monoisotopic (exact) mass is 457 g/mol. The van der Waals surface area contributed by atoms with Crippen molar-refractivity contribution in [2.45, 2.75) is 31.8 Å². The van der Waals surface area contributed by atoms with Crippen molar-refractivity contribution in [2.24, 2.45) is 0 Å². The number of rotatable bonds is 5. The molecule has 174 valence electrons. The summed E-state index contributed by atoms with van der Waals surface area (Å²) in [5.41, 5.74) is 6.30. The van der Waals surface area contributed by atoms with Crippen LogP contribution in [-0.2, 0) is 29.0 Å². The molecule has 1 aromatic heterocycles. The molecule has 1 unspecified atom stereocenters. The molecular weight excluding hydrogens is 430 g/mol. The van der Waals surface area contributed by atoms with Crippen molar-refractivity contribution in [3.8, 4) is 5.69 Å². The van der Waals surface area contributed by atoms with Gasteiger partial charge in [-0.05, 0) is 54.2 Å². The molecule has 0 radical (unpaired) electrons. The Labute approximate surface area is 198 Å². The number of aryl methyl sites for hydroxylation is 1. The fourth-order valence-corrected chi connectivity index (χ4v) is 5.39. The van der Waals surface area contributed by atoms with E-state index in [0.717, 1.165) is 68.8 Å². The number of carbonyl (C=O) groups excluding carboxylic acids is 2. The van der Waals surface area contributed by atoms with Gasteiger partial charge in [0.1, 0.15) is 19.3 Å². The first kappa shape index (κ1) is 21.0. The molecule has 1 fully saturated rings. The molecule has 0 bridgehead atoms. The molecule has 34 heavy (non-hydrogen) atoms. The fraction of sp³-hybridized carbons (Fsp3) is 0.385. The molecule has 3 aromatic rings. The zero-order chi connectivity index (χ0) is 23.1. The Hall–Kier alpha value is -3.52. The minimum atomic E-state index is -0.220. The molecule has 0 spiro atoms. The van der Waals surface area contributed by atoms with Gasteiger partial charge in [0.05, 0.1) is 17.2 Å². The van der Waals surface area contributed by atoms with E-state index in [9.17, 15) is 9.59 Å². The summed E-state index contributed by atoms with van der Waals surface area (Å²) in [4.78, 5) is 33.4. The number of carbonyl (C=O) groups is 2.